The van der Waals surface area contributed by atoms with Crippen LogP contribution < -0.4 is 4.90 Å². The lowest BCUT2D eigenvalue weighted by molar-refractivity contribution is 0.122. The average Bonchev–Trinajstić information content (AvgIpc) is 2.92. The van der Waals surface area contributed by atoms with E-state index in [4.69, 9.17) is 4.74 Å². The SMILES string of the molecule is Cc1cc(C)n(CCN(C)Cc2cnc(N3CCOCC3)nc2)n1. The summed E-state index contributed by atoms with van der Waals surface area (Å²) in [7, 11) is 2.11. The predicted molar refractivity (Wildman–Crippen MR) is 93.1 cm³/mol. The molecule has 3 heterocycles. The summed E-state index contributed by atoms with van der Waals surface area (Å²) in [6, 6.07) is 2.11. The van der Waals surface area contributed by atoms with Crippen molar-refractivity contribution in [3.63, 3.8) is 0 Å². The number of hydrogen-bond acceptors (Lipinski definition) is 6. The van der Waals surface area contributed by atoms with Crippen molar-refractivity contribution in [1.29, 1.82) is 0 Å². The number of nitrogens with zero attached hydrogens (tertiary/aromatic N) is 6. The molecule has 7 nitrogen and oxygen atoms in total. The lowest BCUT2D eigenvalue weighted by atomic mass is 10.3. The molecule has 0 radical (unpaired) electrons. The fraction of sp³-hybridized carbons (Fsp3) is 0.588. The van der Waals surface area contributed by atoms with Gasteiger partial charge in [-0.3, -0.25) is 4.68 Å². The number of rotatable bonds is 6. The highest BCUT2D eigenvalue weighted by Gasteiger charge is 2.13. The summed E-state index contributed by atoms with van der Waals surface area (Å²) in [4.78, 5) is 13.4. The van der Waals surface area contributed by atoms with Crippen molar-refractivity contribution in [2.75, 3.05) is 44.8 Å². The number of likely N-dealkylation sites (N-methyl/N-ethyl adjacent to an activating group) is 1. The Morgan fingerprint density at radius 3 is 2.50 bits per heavy atom. The van der Waals surface area contributed by atoms with Gasteiger partial charge in [-0.25, -0.2) is 9.97 Å². The lowest BCUT2D eigenvalue weighted by Crippen LogP contribution is -2.37. The summed E-state index contributed by atoms with van der Waals surface area (Å²) in [6.45, 7) is 10.0. The third-order valence-electron chi connectivity index (χ3n) is 4.23. The van der Waals surface area contributed by atoms with Crippen molar-refractivity contribution in [2.45, 2.75) is 26.9 Å². The van der Waals surface area contributed by atoms with Crippen molar-refractivity contribution in [2.24, 2.45) is 0 Å². The van der Waals surface area contributed by atoms with E-state index in [1.165, 1.54) is 5.69 Å². The summed E-state index contributed by atoms with van der Waals surface area (Å²) in [5.74, 6) is 0.798. The van der Waals surface area contributed by atoms with E-state index in [9.17, 15) is 0 Å². The molecular weight excluding hydrogens is 304 g/mol. The third kappa shape index (κ3) is 4.30. The molecule has 7 heteroatoms. The molecule has 0 atom stereocenters. The van der Waals surface area contributed by atoms with Crippen LogP contribution in [0.5, 0.6) is 0 Å². The van der Waals surface area contributed by atoms with Gasteiger partial charge in [-0.05, 0) is 27.0 Å². The Balaban J connectivity index is 1.50. The maximum absolute atomic E-state index is 5.36. The monoisotopic (exact) mass is 330 g/mol. The van der Waals surface area contributed by atoms with Gasteiger partial charge < -0.3 is 14.5 Å². The Kier molecular flexibility index (Phi) is 5.42. The van der Waals surface area contributed by atoms with Gasteiger partial charge in [-0.15, -0.1) is 0 Å². The zero-order chi connectivity index (χ0) is 16.9. The van der Waals surface area contributed by atoms with Crippen LogP contribution in [0.1, 0.15) is 17.0 Å². The minimum absolute atomic E-state index is 0.750. The van der Waals surface area contributed by atoms with E-state index in [0.717, 1.165) is 63.1 Å². The second-order valence-corrected chi connectivity index (χ2v) is 6.38. The quantitative estimate of drug-likeness (QED) is 0.795. The van der Waals surface area contributed by atoms with Crippen molar-refractivity contribution in [3.8, 4) is 0 Å². The first-order chi connectivity index (χ1) is 11.6. The summed E-state index contributed by atoms with van der Waals surface area (Å²) in [6.07, 6.45) is 3.86. The summed E-state index contributed by atoms with van der Waals surface area (Å²) < 4.78 is 7.42. The first-order valence-electron chi connectivity index (χ1n) is 8.45. The van der Waals surface area contributed by atoms with E-state index in [1.54, 1.807) is 0 Å². The van der Waals surface area contributed by atoms with Crippen molar-refractivity contribution in [3.05, 3.63) is 35.4 Å². The second kappa shape index (κ2) is 7.72. The molecule has 2 aromatic rings. The molecular formula is C17H26N6O. The highest BCUT2D eigenvalue weighted by Crippen LogP contribution is 2.10. The van der Waals surface area contributed by atoms with Gasteiger partial charge in [-0.2, -0.15) is 5.10 Å². The molecule has 0 aliphatic carbocycles. The molecule has 0 unspecified atom stereocenters. The van der Waals surface area contributed by atoms with Crippen LogP contribution in [0.15, 0.2) is 18.5 Å². The molecule has 0 amide bonds. The molecule has 130 valence electrons. The summed E-state index contributed by atoms with van der Waals surface area (Å²) in [5.41, 5.74) is 3.41. The normalized spacial score (nSPS) is 15.2. The Morgan fingerprint density at radius 1 is 1.17 bits per heavy atom. The van der Waals surface area contributed by atoms with Crippen LogP contribution in [-0.2, 0) is 17.8 Å². The van der Waals surface area contributed by atoms with Crippen LogP contribution in [0, 0.1) is 13.8 Å². The van der Waals surface area contributed by atoms with Gasteiger partial charge in [0.05, 0.1) is 25.5 Å². The number of hydrogen-bond donors (Lipinski definition) is 0. The zero-order valence-electron chi connectivity index (χ0n) is 14.8. The van der Waals surface area contributed by atoms with Gasteiger partial charge in [0.1, 0.15) is 0 Å². The fourth-order valence-electron chi connectivity index (χ4n) is 2.91. The molecule has 0 N–H and O–H groups in total. The maximum atomic E-state index is 5.36. The summed E-state index contributed by atoms with van der Waals surface area (Å²) in [5, 5.41) is 4.50. The molecule has 24 heavy (non-hydrogen) atoms. The van der Waals surface area contributed by atoms with E-state index in [0.29, 0.717) is 0 Å². The first kappa shape index (κ1) is 16.9. The standard InChI is InChI=1S/C17H26N6O/c1-14-10-15(2)23(20-14)5-4-21(3)13-16-11-18-17(19-12-16)22-6-8-24-9-7-22/h10-12H,4-9,13H2,1-3H3. The van der Waals surface area contributed by atoms with Crippen LogP contribution >= 0.6 is 0 Å². The molecule has 0 saturated carbocycles. The first-order valence-corrected chi connectivity index (χ1v) is 8.45. The van der Waals surface area contributed by atoms with E-state index in [2.05, 4.69) is 49.6 Å². The van der Waals surface area contributed by atoms with E-state index in [1.807, 2.05) is 19.3 Å². The molecule has 3 rings (SSSR count). The van der Waals surface area contributed by atoms with Crippen molar-refractivity contribution in [1.82, 2.24) is 24.6 Å². The van der Waals surface area contributed by atoms with Crippen LogP contribution in [0.4, 0.5) is 5.95 Å². The third-order valence-corrected chi connectivity index (χ3v) is 4.23. The largest absolute Gasteiger partial charge is 0.378 e. The Morgan fingerprint density at radius 2 is 1.88 bits per heavy atom. The van der Waals surface area contributed by atoms with Gasteiger partial charge in [0.15, 0.2) is 0 Å². The highest BCUT2D eigenvalue weighted by molar-refractivity contribution is 5.30. The minimum Gasteiger partial charge on any atom is -0.378 e. The van der Waals surface area contributed by atoms with Gasteiger partial charge in [0.2, 0.25) is 5.95 Å². The Labute approximate surface area is 143 Å². The number of ether oxygens (including phenoxy) is 1. The fourth-order valence-corrected chi connectivity index (χ4v) is 2.91. The number of aromatic nitrogens is 4. The van der Waals surface area contributed by atoms with Gasteiger partial charge in [-0.1, -0.05) is 0 Å². The van der Waals surface area contributed by atoms with Gasteiger partial charge in [0.25, 0.3) is 0 Å². The van der Waals surface area contributed by atoms with Gasteiger partial charge in [0, 0.05) is 49.8 Å². The average molecular weight is 330 g/mol. The number of anilines is 1. The molecule has 0 spiro atoms. The van der Waals surface area contributed by atoms with Crippen molar-refractivity contribution >= 4 is 5.95 Å². The van der Waals surface area contributed by atoms with E-state index >= 15 is 0 Å². The Hall–Kier alpha value is -1.99. The molecule has 1 fully saturated rings. The minimum atomic E-state index is 0.750. The highest BCUT2D eigenvalue weighted by atomic mass is 16.5. The van der Waals surface area contributed by atoms with Crippen molar-refractivity contribution < 1.29 is 4.74 Å². The van der Waals surface area contributed by atoms with E-state index in [-0.39, 0.29) is 0 Å². The molecule has 0 aromatic carbocycles. The van der Waals surface area contributed by atoms with Crippen LogP contribution in [0.3, 0.4) is 0 Å². The molecule has 0 bridgehead atoms. The van der Waals surface area contributed by atoms with Crippen LogP contribution in [-0.4, -0.2) is 64.5 Å². The second-order valence-electron chi connectivity index (χ2n) is 6.38. The topological polar surface area (TPSA) is 59.3 Å². The van der Waals surface area contributed by atoms with Crippen LogP contribution in [0.2, 0.25) is 0 Å². The number of aryl methyl sites for hydroxylation is 2. The zero-order valence-corrected chi connectivity index (χ0v) is 14.8. The number of morpholine rings is 1. The molecule has 1 saturated heterocycles. The molecule has 2 aromatic heterocycles. The van der Waals surface area contributed by atoms with Gasteiger partial charge >= 0.3 is 0 Å². The van der Waals surface area contributed by atoms with E-state index < -0.39 is 0 Å². The molecule has 1 aliphatic rings. The molecule has 1 aliphatic heterocycles. The Bertz CT molecular complexity index is 648. The lowest BCUT2D eigenvalue weighted by Gasteiger charge is -2.26. The van der Waals surface area contributed by atoms with Crippen LogP contribution in [0.25, 0.3) is 0 Å². The maximum Gasteiger partial charge on any atom is 0.225 e. The smallest absolute Gasteiger partial charge is 0.225 e. The predicted octanol–water partition coefficient (Wildman–Crippen LogP) is 1.26. The summed E-state index contributed by atoms with van der Waals surface area (Å²) >= 11 is 0.